The molecule has 0 spiro atoms. The number of rotatable bonds is 4. The third kappa shape index (κ3) is 4.61. The molecule has 0 saturated heterocycles. The third-order valence-electron chi connectivity index (χ3n) is 8.07. The third-order valence-corrected chi connectivity index (χ3v) is 8.07. The second kappa shape index (κ2) is 11.6. The van der Waals surface area contributed by atoms with Crippen molar-refractivity contribution in [2.75, 3.05) is 0 Å². The van der Waals surface area contributed by atoms with E-state index in [-0.39, 0.29) is 0 Å². The van der Waals surface area contributed by atoms with Crippen molar-refractivity contribution in [2.45, 2.75) is 0 Å². The van der Waals surface area contributed by atoms with E-state index in [9.17, 15) is 17.8 Å². The molecular formula is C50H32. The van der Waals surface area contributed by atoms with Gasteiger partial charge in [-0.15, -0.1) is 0 Å². The SMILES string of the molecule is [2H]c1cc2c([2H])c([2H])c([2H])c([2H])c2c(-c2c3c([2H])c([2H])c([2H])c([2H])c3c(-c3c([2H])c([2H])c(-c4c([2H])c([2H])c5c([2H])c([2H])c([2H])c([2H])c5c4[2H])c([2H])c3[2H])c3c([2H])c([2H])c(-c4c([2H])c([2H])c([2H])c5c([2H])c([2H])c([2H])c([2H])c45)c([2H])c23)c1[2H]. The maximum Gasteiger partial charge on any atom is 0.0636 e. The molecule has 0 bridgehead atoms. The quantitative estimate of drug-likeness (QED) is 0.164. The van der Waals surface area contributed by atoms with E-state index in [0.717, 1.165) is 6.07 Å². The highest BCUT2D eigenvalue weighted by atomic mass is 14.2. The zero-order chi connectivity index (χ0) is 60.0. The largest absolute Gasteiger partial charge is 0.0636 e. The molecule has 10 aromatic rings. The van der Waals surface area contributed by atoms with Crippen LogP contribution in [0.2, 0.25) is 0 Å². The Morgan fingerprint density at radius 1 is 0.260 bits per heavy atom. The Labute approximate surface area is 335 Å². The molecule has 10 rings (SSSR count). The second-order valence-electron chi connectivity index (χ2n) is 10.8. The summed E-state index contributed by atoms with van der Waals surface area (Å²) in [6.07, 6.45) is 0. The monoisotopic (exact) mass is 663 g/mol. The van der Waals surface area contributed by atoms with Crippen LogP contribution < -0.4 is 0 Å². The Morgan fingerprint density at radius 3 is 1.60 bits per heavy atom. The van der Waals surface area contributed by atoms with Crippen LogP contribution in [0.15, 0.2) is 193 Å². The summed E-state index contributed by atoms with van der Waals surface area (Å²) in [6.45, 7) is 0. The Hall–Kier alpha value is -6.50. The van der Waals surface area contributed by atoms with Crippen LogP contribution in [0.3, 0.4) is 0 Å². The van der Waals surface area contributed by atoms with Crippen LogP contribution >= 0.6 is 0 Å². The zero-order valence-corrected chi connectivity index (χ0v) is 25.1. The van der Waals surface area contributed by atoms with E-state index >= 15 is 0 Å². The fourth-order valence-electron chi connectivity index (χ4n) is 5.87. The molecule has 0 aliphatic rings. The van der Waals surface area contributed by atoms with Crippen molar-refractivity contribution in [1.29, 1.82) is 0 Å². The van der Waals surface area contributed by atoms with Gasteiger partial charge in [-0.1, -0.05) is 181 Å². The summed E-state index contributed by atoms with van der Waals surface area (Å²) >= 11 is 0. The summed E-state index contributed by atoms with van der Waals surface area (Å²) in [4.78, 5) is 0. The van der Waals surface area contributed by atoms with Crippen molar-refractivity contribution in [3.63, 3.8) is 0 Å². The summed E-state index contributed by atoms with van der Waals surface area (Å²) in [6, 6.07) is -29.3. The van der Waals surface area contributed by atoms with Gasteiger partial charge in [0.15, 0.2) is 0 Å². The van der Waals surface area contributed by atoms with Gasteiger partial charge in [0.1, 0.15) is 0 Å². The minimum Gasteiger partial charge on any atom is -0.0616 e. The molecule has 0 saturated carbocycles. The molecule has 0 N–H and O–H groups in total. The number of hydrogen-bond donors (Lipinski definition) is 0. The summed E-state index contributed by atoms with van der Waals surface area (Å²) in [5.74, 6) is 0. The van der Waals surface area contributed by atoms with Gasteiger partial charge in [-0.25, -0.2) is 0 Å². The highest BCUT2D eigenvalue weighted by Crippen LogP contribution is 2.47. The lowest BCUT2D eigenvalue weighted by molar-refractivity contribution is 1.62. The Morgan fingerprint density at radius 2 is 0.800 bits per heavy atom. The highest BCUT2D eigenvalue weighted by Gasteiger charge is 2.19. The lowest BCUT2D eigenvalue weighted by Gasteiger charge is -2.20. The fraction of sp³-hybridized carbons (Fsp3) is 0. The lowest BCUT2D eigenvalue weighted by Crippen LogP contribution is -1.93. The molecule has 0 aromatic heterocycles. The smallest absolute Gasteiger partial charge is 0.0616 e. The van der Waals surface area contributed by atoms with Crippen molar-refractivity contribution in [2.24, 2.45) is 0 Å². The summed E-state index contributed by atoms with van der Waals surface area (Å²) in [5, 5.41) is -7.02. The minimum atomic E-state index is -1.18. The lowest BCUT2D eigenvalue weighted by atomic mass is 9.83. The molecule has 0 amide bonds. The van der Waals surface area contributed by atoms with Crippen LogP contribution in [0.1, 0.15) is 42.5 Å². The van der Waals surface area contributed by atoms with E-state index < -0.39 is 286 Å². The first-order chi connectivity index (χ1) is 37.7. The van der Waals surface area contributed by atoms with Gasteiger partial charge >= 0.3 is 0 Å². The van der Waals surface area contributed by atoms with Crippen LogP contribution in [-0.2, 0) is 0 Å². The van der Waals surface area contributed by atoms with E-state index in [0.29, 0.717) is 0 Å². The van der Waals surface area contributed by atoms with E-state index in [1.807, 2.05) is 0 Å². The van der Waals surface area contributed by atoms with Crippen LogP contribution in [-0.4, -0.2) is 0 Å². The number of benzene rings is 10. The fourth-order valence-corrected chi connectivity index (χ4v) is 5.87. The Kier molecular flexibility index (Phi) is 2.61. The maximum absolute atomic E-state index is 10.3. The second-order valence-corrected chi connectivity index (χ2v) is 10.8. The van der Waals surface area contributed by atoms with Gasteiger partial charge in [0.25, 0.3) is 0 Å². The predicted molar refractivity (Wildman–Crippen MR) is 216 cm³/mol. The van der Waals surface area contributed by atoms with E-state index in [1.165, 1.54) is 0 Å². The van der Waals surface area contributed by atoms with Crippen LogP contribution in [0.25, 0.3) is 98.4 Å². The van der Waals surface area contributed by atoms with Gasteiger partial charge in [-0.3, -0.25) is 0 Å². The first-order valence-corrected chi connectivity index (χ1v) is 14.8. The molecular weight excluding hydrogens is 601 g/mol. The molecule has 0 aliphatic carbocycles. The normalized spacial score (nSPS) is 20.3. The van der Waals surface area contributed by atoms with E-state index in [4.69, 9.17) is 24.7 Å². The Bertz CT molecular complexity index is 4660. The zero-order valence-electron chi connectivity index (χ0n) is 56.1. The molecule has 10 aromatic carbocycles. The molecule has 50 heavy (non-hydrogen) atoms. The average Bonchev–Trinajstić information content (AvgIpc) is 3.21. The first kappa shape index (κ1) is 11.3. The average molecular weight is 664 g/mol. The van der Waals surface area contributed by atoms with Gasteiger partial charge in [0.2, 0.25) is 0 Å². The molecule has 0 atom stereocenters. The van der Waals surface area contributed by atoms with E-state index in [1.54, 1.807) is 0 Å². The van der Waals surface area contributed by atoms with Crippen molar-refractivity contribution in [3.8, 4) is 44.5 Å². The summed E-state index contributed by atoms with van der Waals surface area (Å²) < 4.78 is 282. The van der Waals surface area contributed by atoms with Crippen LogP contribution in [0.4, 0.5) is 0 Å². The number of fused-ring (bicyclic) bond motifs is 5. The van der Waals surface area contributed by atoms with Crippen molar-refractivity contribution in [3.05, 3.63) is 193 Å². The summed E-state index contributed by atoms with van der Waals surface area (Å²) in [7, 11) is 0. The summed E-state index contributed by atoms with van der Waals surface area (Å²) in [5.41, 5.74) is -6.83. The standard InChI is InChI=1S/C50H32/c1-2-14-38-31-39(28-25-33(38)11-1)34-23-26-37(27-24-34)49-45-19-7-8-20-46(45)50(44-22-10-16-36-13-4-6-18-42(36)44)48-32-40(29-30-47(48)49)43-21-9-15-35-12-3-5-17-41(35)43/h1-32H/i1D,2D,3D,4D,5D,6D,7D,8D,9D,10D,11D,12D,13D,14D,15D,17D,18D,19D,20D,21D,22D,23D,24D,25D,26D,27D,28D,29D,30D,31D,32D. The first-order valence-electron chi connectivity index (χ1n) is 30.3. The van der Waals surface area contributed by atoms with Crippen molar-refractivity contribution >= 4 is 53.9 Å². The van der Waals surface area contributed by atoms with E-state index in [2.05, 4.69) is 0 Å². The Balaban J connectivity index is 1.54. The molecule has 0 fully saturated rings. The minimum absolute atomic E-state index is 0.448. The molecule has 0 radical (unpaired) electrons. The molecule has 0 heteroatoms. The van der Waals surface area contributed by atoms with Gasteiger partial charge in [0.05, 0.1) is 42.5 Å². The van der Waals surface area contributed by atoms with Crippen LogP contribution in [0, 0.1) is 0 Å². The van der Waals surface area contributed by atoms with Crippen LogP contribution in [0.5, 0.6) is 0 Å². The van der Waals surface area contributed by atoms with Crippen molar-refractivity contribution in [1.82, 2.24) is 0 Å². The van der Waals surface area contributed by atoms with Crippen molar-refractivity contribution < 1.29 is 42.5 Å². The van der Waals surface area contributed by atoms with Gasteiger partial charge < -0.3 is 0 Å². The number of hydrogen-bond acceptors (Lipinski definition) is 0. The molecule has 0 heterocycles. The van der Waals surface area contributed by atoms with Gasteiger partial charge in [0, 0.05) is 0 Å². The predicted octanol–water partition coefficient (Wildman–Crippen LogP) is 14.1. The topological polar surface area (TPSA) is 0 Å². The van der Waals surface area contributed by atoms with Gasteiger partial charge in [-0.2, -0.15) is 0 Å². The molecule has 0 nitrogen and oxygen atoms in total. The molecule has 232 valence electrons. The highest BCUT2D eigenvalue weighted by molar-refractivity contribution is 6.24. The van der Waals surface area contributed by atoms with Gasteiger partial charge in [-0.05, 0) is 110 Å². The maximum atomic E-state index is 10.3. The molecule has 0 aliphatic heterocycles. The molecule has 0 unspecified atom stereocenters.